The van der Waals surface area contributed by atoms with Crippen LogP contribution in [0.25, 0.3) is 0 Å². The van der Waals surface area contributed by atoms with Crippen LogP contribution in [0.5, 0.6) is 0 Å². The van der Waals surface area contributed by atoms with Gasteiger partial charge in [0.15, 0.2) is 5.25 Å². The number of terminal acetylenes is 1. The fraction of sp³-hybridized carbons (Fsp3) is 0.625. The highest BCUT2D eigenvalue weighted by atomic mass is 32.2. The number of hydrogen-bond acceptors (Lipinski definition) is 3. The molecule has 0 aliphatic heterocycles. The molecule has 13 heavy (non-hydrogen) atoms. The number of nitrogens with zero attached hydrogens (tertiary/aromatic N) is 1. The molecule has 0 aromatic heterocycles. The van der Waals surface area contributed by atoms with Gasteiger partial charge in [-0.3, -0.25) is 0 Å². The van der Waals surface area contributed by atoms with E-state index in [9.17, 15) is 8.42 Å². The maximum absolute atomic E-state index is 11.3. The number of rotatable bonds is 3. The second-order valence-corrected chi connectivity index (χ2v) is 5.19. The van der Waals surface area contributed by atoms with Crippen LogP contribution in [0.3, 0.4) is 0 Å². The third-order valence-electron chi connectivity index (χ3n) is 1.41. The van der Waals surface area contributed by atoms with E-state index in [-0.39, 0.29) is 0 Å². The van der Waals surface area contributed by atoms with Crippen LogP contribution in [-0.4, -0.2) is 19.2 Å². The van der Waals surface area contributed by atoms with Crippen molar-refractivity contribution >= 4 is 10.0 Å². The first-order valence-corrected chi connectivity index (χ1v) is 5.20. The fourth-order valence-corrected chi connectivity index (χ4v) is 1.63. The van der Waals surface area contributed by atoms with Crippen molar-refractivity contribution in [3.05, 3.63) is 0 Å². The van der Waals surface area contributed by atoms with Gasteiger partial charge in [-0.2, -0.15) is 9.98 Å². The first-order valence-electron chi connectivity index (χ1n) is 3.65. The topological polar surface area (TPSA) is 70.0 Å². The Kier molecular flexibility index (Phi) is 3.48. The average Bonchev–Trinajstić information content (AvgIpc) is 2.01. The Morgan fingerprint density at radius 2 is 2.00 bits per heavy atom. The summed E-state index contributed by atoms with van der Waals surface area (Å²) in [5, 5.41) is 7.32. The van der Waals surface area contributed by atoms with Gasteiger partial charge in [-0.1, -0.05) is 5.92 Å². The highest BCUT2D eigenvalue weighted by Crippen LogP contribution is 2.05. The number of nitrogens with one attached hydrogen (secondary N) is 1. The van der Waals surface area contributed by atoms with Gasteiger partial charge in [-0.25, -0.2) is 8.42 Å². The molecule has 0 fully saturated rings. The van der Waals surface area contributed by atoms with E-state index in [4.69, 9.17) is 11.7 Å². The maximum Gasteiger partial charge on any atom is 0.228 e. The summed E-state index contributed by atoms with van der Waals surface area (Å²) in [6, 6.07) is 1.63. The van der Waals surface area contributed by atoms with E-state index in [2.05, 4.69) is 10.6 Å². The molecule has 0 radical (unpaired) electrons. The van der Waals surface area contributed by atoms with E-state index < -0.39 is 20.8 Å². The van der Waals surface area contributed by atoms with Crippen molar-refractivity contribution in [3.63, 3.8) is 0 Å². The Labute approximate surface area is 79.0 Å². The zero-order valence-electron chi connectivity index (χ0n) is 7.83. The zero-order valence-corrected chi connectivity index (χ0v) is 8.64. The molecule has 0 bridgehead atoms. The van der Waals surface area contributed by atoms with E-state index in [1.807, 2.05) is 0 Å². The van der Waals surface area contributed by atoms with Gasteiger partial charge in [0.05, 0.1) is 11.6 Å². The quantitative estimate of drug-likeness (QED) is 0.663. The molecular formula is C8H12N2O2S. The summed E-state index contributed by atoms with van der Waals surface area (Å²) < 4.78 is 24.9. The van der Waals surface area contributed by atoms with Crippen molar-refractivity contribution < 1.29 is 8.42 Å². The van der Waals surface area contributed by atoms with E-state index >= 15 is 0 Å². The normalized spacial score (nSPS) is 14.2. The minimum Gasteiger partial charge on any atom is -0.211 e. The molecule has 5 heteroatoms. The molecule has 0 aliphatic rings. The summed E-state index contributed by atoms with van der Waals surface area (Å²) >= 11 is 0. The molecule has 0 spiro atoms. The standard InChI is InChI=1S/C8H12N2O2S/c1-5-8(3,4)10-13(11,12)7(2)6-9/h1,7,10H,2-4H3. The molecule has 1 N–H and O–H groups in total. The lowest BCUT2D eigenvalue weighted by molar-refractivity contribution is 0.535. The highest BCUT2D eigenvalue weighted by Gasteiger charge is 2.27. The van der Waals surface area contributed by atoms with Crippen molar-refractivity contribution in [1.29, 1.82) is 5.26 Å². The molecule has 0 amide bonds. The Hall–Kier alpha value is -1.04. The summed E-state index contributed by atoms with van der Waals surface area (Å²) in [5.74, 6) is 2.28. The van der Waals surface area contributed by atoms with Gasteiger partial charge in [0, 0.05) is 0 Å². The Bertz CT molecular complexity index is 357. The molecular weight excluding hydrogens is 188 g/mol. The van der Waals surface area contributed by atoms with Gasteiger partial charge in [0.2, 0.25) is 10.0 Å². The minimum atomic E-state index is -3.63. The predicted octanol–water partition coefficient (Wildman–Crippen LogP) is 0.230. The zero-order chi connectivity index (χ0) is 10.7. The molecule has 1 unspecified atom stereocenters. The van der Waals surface area contributed by atoms with Crippen molar-refractivity contribution in [2.75, 3.05) is 0 Å². The van der Waals surface area contributed by atoms with Crippen LogP contribution in [0, 0.1) is 23.7 Å². The summed E-state index contributed by atoms with van der Waals surface area (Å²) in [4.78, 5) is 0. The Balaban J connectivity index is 4.78. The van der Waals surface area contributed by atoms with Crippen molar-refractivity contribution in [1.82, 2.24) is 4.72 Å². The molecule has 0 aromatic rings. The first-order chi connectivity index (χ1) is 5.75. The lowest BCUT2D eigenvalue weighted by Gasteiger charge is -2.20. The number of nitriles is 1. The predicted molar refractivity (Wildman–Crippen MR) is 50.0 cm³/mol. The first kappa shape index (κ1) is 12.0. The summed E-state index contributed by atoms with van der Waals surface area (Å²) in [6.07, 6.45) is 5.10. The number of hydrogen-bond donors (Lipinski definition) is 1. The van der Waals surface area contributed by atoms with Crippen LogP contribution >= 0.6 is 0 Å². The molecule has 0 saturated carbocycles. The molecule has 0 heterocycles. The van der Waals surface area contributed by atoms with Crippen LogP contribution in [0.2, 0.25) is 0 Å². The molecule has 0 rings (SSSR count). The number of sulfonamides is 1. The fourth-order valence-electron chi connectivity index (χ4n) is 0.543. The van der Waals surface area contributed by atoms with Crippen molar-refractivity contribution in [3.8, 4) is 18.4 Å². The third kappa shape index (κ3) is 3.45. The van der Waals surface area contributed by atoms with Crippen LogP contribution in [-0.2, 0) is 10.0 Å². The van der Waals surface area contributed by atoms with E-state index in [1.54, 1.807) is 19.9 Å². The lowest BCUT2D eigenvalue weighted by Crippen LogP contribution is -2.45. The summed E-state index contributed by atoms with van der Waals surface area (Å²) in [6.45, 7) is 4.40. The summed E-state index contributed by atoms with van der Waals surface area (Å²) in [5.41, 5.74) is -0.954. The smallest absolute Gasteiger partial charge is 0.211 e. The SMILES string of the molecule is C#CC(C)(C)NS(=O)(=O)C(C)C#N. The van der Waals surface area contributed by atoms with Crippen LogP contribution in [0.15, 0.2) is 0 Å². The maximum atomic E-state index is 11.3. The van der Waals surface area contributed by atoms with Gasteiger partial charge in [0.1, 0.15) is 0 Å². The molecule has 1 atom stereocenters. The average molecular weight is 200 g/mol. The molecule has 0 aromatic carbocycles. The second-order valence-electron chi connectivity index (χ2n) is 3.19. The highest BCUT2D eigenvalue weighted by molar-refractivity contribution is 7.90. The Morgan fingerprint density at radius 1 is 1.54 bits per heavy atom. The van der Waals surface area contributed by atoms with Gasteiger partial charge < -0.3 is 0 Å². The largest absolute Gasteiger partial charge is 0.228 e. The molecule has 4 nitrogen and oxygen atoms in total. The van der Waals surface area contributed by atoms with Crippen molar-refractivity contribution in [2.24, 2.45) is 0 Å². The van der Waals surface area contributed by atoms with Crippen molar-refractivity contribution in [2.45, 2.75) is 31.6 Å². The van der Waals surface area contributed by atoms with E-state index in [1.165, 1.54) is 6.92 Å². The molecule has 0 saturated heterocycles. The van der Waals surface area contributed by atoms with Crippen LogP contribution in [0.4, 0.5) is 0 Å². The van der Waals surface area contributed by atoms with Gasteiger partial charge in [0.25, 0.3) is 0 Å². The van der Waals surface area contributed by atoms with Crippen LogP contribution in [0.1, 0.15) is 20.8 Å². The monoisotopic (exact) mass is 200 g/mol. The minimum absolute atomic E-state index is 0.954. The van der Waals surface area contributed by atoms with E-state index in [0.29, 0.717) is 0 Å². The third-order valence-corrected chi connectivity index (χ3v) is 3.24. The molecule has 0 aliphatic carbocycles. The van der Waals surface area contributed by atoms with Gasteiger partial charge in [-0.15, -0.1) is 6.42 Å². The van der Waals surface area contributed by atoms with Gasteiger partial charge in [-0.05, 0) is 20.8 Å². The Morgan fingerprint density at radius 3 is 2.31 bits per heavy atom. The van der Waals surface area contributed by atoms with Gasteiger partial charge >= 0.3 is 0 Å². The summed E-state index contributed by atoms with van der Waals surface area (Å²) in [7, 11) is -3.63. The second kappa shape index (κ2) is 3.78. The molecule has 72 valence electrons. The van der Waals surface area contributed by atoms with Crippen LogP contribution < -0.4 is 4.72 Å². The van der Waals surface area contributed by atoms with E-state index in [0.717, 1.165) is 0 Å². The lowest BCUT2D eigenvalue weighted by atomic mass is 10.1.